The molecule has 0 aliphatic rings. The first-order valence-electron chi connectivity index (χ1n) is 6.09. The summed E-state index contributed by atoms with van der Waals surface area (Å²) < 4.78 is 7.48. The molecule has 92 valence electrons. The van der Waals surface area contributed by atoms with E-state index in [1.807, 2.05) is 49.4 Å². The average Bonchev–Trinajstić information content (AvgIpc) is 2.76. The molecule has 2 heterocycles. The summed E-state index contributed by atoms with van der Waals surface area (Å²) in [5.74, 6) is 0.462. The number of hydrogen-bond donors (Lipinski definition) is 1. The minimum atomic E-state index is 0.407. The lowest BCUT2D eigenvalue weighted by molar-refractivity contribution is 0.635. The van der Waals surface area contributed by atoms with Crippen LogP contribution in [0.4, 0.5) is 0 Å². The molecule has 0 bridgehead atoms. The SMILES string of the molecule is Cc1ccc2oc3nc4ccccc4c(=N)n3c2c1. The van der Waals surface area contributed by atoms with Crippen LogP contribution in [0.3, 0.4) is 0 Å². The molecule has 4 rings (SSSR count). The number of para-hydroxylation sites is 1. The lowest BCUT2D eigenvalue weighted by atomic mass is 10.2. The van der Waals surface area contributed by atoms with Crippen LogP contribution < -0.4 is 5.49 Å². The van der Waals surface area contributed by atoms with E-state index in [1.54, 1.807) is 4.40 Å². The van der Waals surface area contributed by atoms with E-state index in [9.17, 15) is 0 Å². The summed E-state index contributed by atoms with van der Waals surface area (Å²) in [6, 6.07) is 13.6. The van der Waals surface area contributed by atoms with Crippen molar-refractivity contribution in [3.63, 3.8) is 0 Å². The first kappa shape index (κ1) is 10.3. The minimum Gasteiger partial charge on any atom is -0.423 e. The fourth-order valence-electron chi connectivity index (χ4n) is 2.42. The van der Waals surface area contributed by atoms with Gasteiger partial charge in [-0.1, -0.05) is 18.2 Å². The number of nitrogens with zero attached hydrogens (tertiary/aromatic N) is 2. The molecule has 0 aliphatic heterocycles. The molecular formula is C15H11N3O. The first-order valence-corrected chi connectivity index (χ1v) is 6.09. The molecule has 0 amide bonds. The normalized spacial score (nSPS) is 11.6. The third kappa shape index (κ3) is 1.34. The Balaban J connectivity index is 2.35. The molecule has 0 fully saturated rings. The number of oxazole rings is 1. The Hall–Kier alpha value is -2.62. The predicted molar refractivity (Wildman–Crippen MR) is 73.1 cm³/mol. The molecule has 0 unspecified atom stereocenters. The zero-order valence-electron chi connectivity index (χ0n) is 10.3. The molecule has 4 heteroatoms. The van der Waals surface area contributed by atoms with Gasteiger partial charge >= 0.3 is 5.84 Å². The molecule has 2 aromatic carbocycles. The van der Waals surface area contributed by atoms with Crippen LogP contribution in [-0.2, 0) is 0 Å². The van der Waals surface area contributed by atoms with E-state index in [0.717, 1.165) is 27.6 Å². The summed E-state index contributed by atoms with van der Waals surface area (Å²) in [6.45, 7) is 2.02. The molecule has 2 aromatic heterocycles. The Kier molecular flexibility index (Phi) is 1.87. The maximum absolute atomic E-state index is 8.36. The third-order valence-corrected chi connectivity index (χ3v) is 3.35. The summed E-state index contributed by atoms with van der Waals surface area (Å²) in [7, 11) is 0. The van der Waals surface area contributed by atoms with Crippen molar-refractivity contribution in [2.24, 2.45) is 0 Å². The summed E-state index contributed by atoms with van der Waals surface area (Å²) >= 11 is 0. The van der Waals surface area contributed by atoms with E-state index in [1.165, 1.54) is 0 Å². The standard InChI is InChI=1S/C15H11N3O/c1-9-6-7-13-12(8-9)18-14(16)10-4-2-3-5-11(10)17-15(18)19-13/h2-8,16H,1H3. The van der Waals surface area contributed by atoms with Gasteiger partial charge in [0, 0.05) is 5.39 Å². The van der Waals surface area contributed by atoms with Crippen molar-refractivity contribution in [3.05, 3.63) is 53.5 Å². The lowest BCUT2D eigenvalue weighted by Crippen LogP contribution is -2.13. The summed E-state index contributed by atoms with van der Waals surface area (Å²) in [5, 5.41) is 9.19. The van der Waals surface area contributed by atoms with Crippen molar-refractivity contribution in [3.8, 4) is 0 Å². The molecule has 4 nitrogen and oxygen atoms in total. The number of rotatable bonds is 0. The van der Waals surface area contributed by atoms with E-state index in [4.69, 9.17) is 9.83 Å². The summed E-state index contributed by atoms with van der Waals surface area (Å²) in [4.78, 5) is 4.48. The molecule has 19 heavy (non-hydrogen) atoms. The number of nitrogens with one attached hydrogen (secondary N) is 1. The molecular weight excluding hydrogens is 238 g/mol. The molecule has 4 aromatic rings. The van der Waals surface area contributed by atoms with Crippen molar-refractivity contribution >= 4 is 27.8 Å². The van der Waals surface area contributed by atoms with Gasteiger partial charge in [0.25, 0.3) is 0 Å². The Morgan fingerprint density at radius 1 is 1.16 bits per heavy atom. The van der Waals surface area contributed by atoms with Gasteiger partial charge in [0.1, 0.15) is 5.49 Å². The van der Waals surface area contributed by atoms with E-state index in [-0.39, 0.29) is 0 Å². The zero-order chi connectivity index (χ0) is 13.0. The van der Waals surface area contributed by atoms with Gasteiger partial charge in [0.2, 0.25) is 0 Å². The van der Waals surface area contributed by atoms with Gasteiger partial charge in [-0.05, 0) is 36.8 Å². The minimum absolute atomic E-state index is 0.407. The fraction of sp³-hybridized carbons (Fsp3) is 0.0667. The highest BCUT2D eigenvalue weighted by molar-refractivity contribution is 5.83. The van der Waals surface area contributed by atoms with Crippen molar-refractivity contribution in [2.45, 2.75) is 6.92 Å². The van der Waals surface area contributed by atoms with Crippen LogP contribution in [0, 0.1) is 12.3 Å². The van der Waals surface area contributed by atoms with Crippen molar-refractivity contribution < 1.29 is 4.42 Å². The topological polar surface area (TPSA) is 54.3 Å². The van der Waals surface area contributed by atoms with E-state index in [2.05, 4.69) is 4.98 Å². The van der Waals surface area contributed by atoms with Crippen LogP contribution in [0.15, 0.2) is 46.9 Å². The molecule has 0 saturated carbocycles. The van der Waals surface area contributed by atoms with E-state index in [0.29, 0.717) is 11.3 Å². The second kappa shape index (κ2) is 3.45. The molecule has 0 radical (unpaired) electrons. The third-order valence-electron chi connectivity index (χ3n) is 3.35. The van der Waals surface area contributed by atoms with Crippen molar-refractivity contribution in [2.75, 3.05) is 0 Å². The van der Waals surface area contributed by atoms with E-state index < -0.39 is 0 Å². The zero-order valence-corrected chi connectivity index (χ0v) is 10.3. The van der Waals surface area contributed by atoms with Gasteiger partial charge in [-0.25, -0.2) is 4.40 Å². The highest BCUT2D eigenvalue weighted by Crippen LogP contribution is 2.20. The van der Waals surface area contributed by atoms with Gasteiger partial charge < -0.3 is 4.42 Å². The Bertz CT molecular complexity index is 995. The van der Waals surface area contributed by atoms with Crippen LogP contribution in [0.1, 0.15) is 5.56 Å². The van der Waals surface area contributed by atoms with Crippen molar-refractivity contribution in [1.82, 2.24) is 9.38 Å². The van der Waals surface area contributed by atoms with Crippen LogP contribution in [0.5, 0.6) is 0 Å². The molecule has 0 atom stereocenters. The number of benzene rings is 2. The molecule has 1 N–H and O–H groups in total. The molecule has 0 spiro atoms. The van der Waals surface area contributed by atoms with Crippen LogP contribution in [-0.4, -0.2) is 9.38 Å². The second-order valence-electron chi connectivity index (χ2n) is 4.67. The number of aryl methyl sites for hydroxylation is 1. The number of hydrogen-bond acceptors (Lipinski definition) is 3. The summed E-state index contributed by atoms with van der Waals surface area (Å²) in [5.41, 5.74) is 3.96. The van der Waals surface area contributed by atoms with E-state index >= 15 is 0 Å². The smallest absolute Gasteiger partial charge is 0.309 e. The molecule has 0 saturated heterocycles. The van der Waals surface area contributed by atoms with Gasteiger partial charge in [0.05, 0.1) is 11.0 Å². The fourth-order valence-corrected chi connectivity index (χ4v) is 2.42. The Morgan fingerprint density at radius 2 is 2.00 bits per heavy atom. The van der Waals surface area contributed by atoms with Gasteiger partial charge in [-0.15, -0.1) is 0 Å². The number of fused-ring (bicyclic) bond motifs is 4. The quantitative estimate of drug-likeness (QED) is 0.520. The highest BCUT2D eigenvalue weighted by Gasteiger charge is 2.10. The Morgan fingerprint density at radius 3 is 2.89 bits per heavy atom. The van der Waals surface area contributed by atoms with Gasteiger partial charge in [-0.3, -0.25) is 5.41 Å². The van der Waals surface area contributed by atoms with Gasteiger partial charge in [0.15, 0.2) is 5.58 Å². The highest BCUT2D eigenvalue weighted by atomic mass is 16.4. The molecule has 0 aliphatic carbocycles. The first-order chi connectivity index (χ1) is 9.24. The maximum Gasteiger partial charge on any atom is 0.309 e. The van der Waals surface area contributed by atoms with Crippen LogP contribution in [0.25, 0.3) is 27.8 Å². The van der Waals surface area contributed by atoms with Gasteiger partial charge in [-0.2, -0.15) is 4.98 Å². The van der Waals surface area contributed by atoms with Crippen LogP contribution in [0.2, 0.25) is 0 Å². The largest absolute Gasteiger partial charge is 0.423 e. The Labute approximate surface area is 108 Å². The maximum atomic E-state index is 8.36. The van der Waals surface area contributed by atoms with Crippen LogP contribution >= 0.6 is 0 Å². The second-order valence-corrected chi connectivity index (χ2v) is 4.67. The predicted octanol–water partition coefficient (Wildman–Crippen LogP) is 3.02. The monoisotopic (exact) mass is 249 g/mol. The average molecular weight is 249 g/mol. The van der Waals surface area contributed by atoms with Crippen molar-refractivity contribution in [1.29, 1.82) is 5.41 Å². The lowest BCUT2D eigenvalue weighted by Gasteiger charge is -1.99. The summed E-state index contributed by atoms with van der Waals surface area (Å²) in [6.07, 6.45) is 0. The number of aromatic nitrogens is 2.